The molecule has 2 unspecified atom stereocenters. The fourth-order valence-corrected chi connectivity index (χ4v) is 6.21. The lowest BCUT2D eigenvalue weighted by atomic mass is 10.1. The standard InChI is InChI=1S/C30H36FN5O2/c1-3-21-4-6-22(7-5-21)17-34-18-24-25(19-34)26(24)20-36(30(37)29-32-10-11-33(29)2)23-8-9-28(27(31)16-23)35-12-14-38-15-13-35/h4-11,16,24-26H,3,12-15,17-20H2,1-2H3. The van der Waals surface area contributed by atoms with Gasteiger partial charge in [-0.3, -0.25) is 9.69 Å². The molecule has 3 aromatic rings. The summed E-state index contributed by atoms with van der Waals surface area (Å²) in [5.74, 6) is 1.43. The highest BCUT2D eigenvalue weighted by atomic mass is 19.1. The number of aromatic nitrogens is 2. The number of morpholine rings is 1. The summed E-state index contributed by atoms with van der Waals surface area (Å²) in [6.45, 7) is 8.32. The summed E-state index contributed by atoms with van der Waals surface area (Å²) in [6.07, 6.45) is 4.46. The monoisotopic (exact) mass is 517 g/mol. The van der Waals surface area contributed by atoms with Crippen molar-refractivity contribution in [3.63, 3.8) is 0 Å². The fourth-order valence-electron chi connectivity index (χ4n) is 6.21. The molecule has 7 nitrogen and oxygen atoms in total. The van der Waals surface area contributed by atoms with Gasteiger partial charge in [-0.15, -0.1) is 0 Å². The van der Waals surface area contributed by atoms with Crippen molar-refractivity contribution in [1.82, 2.24) is 14.5 Å². The molecule has 200 valence electrons. The zero-order chi connectivity index (χ0) is 26.2. The van der Waals surface area contributed by atoms with E-state index >= 15 is 4.39 Å². The Balaban J connectivity index is 1.16. The summed E-state index contributed by atoms with van der Waals surface area (Å²) >= 11 is 0. The Kier molecular flexibility index (Phi) is 6.93. The van der Waals surface area contributed by atoms with Gasteiger partial charge < -0.3 is 19.1 Å². The highest BCUT2D eigenvalue weighted by Crippen LogP contribution is 2.52. The largest absolute Gasteiger partial charge is 0.378 e. The number of hydrogen-bond acceptors (Lipinski definition) is 5. The molecule has 6 rings (SSSR count). The third kappa shape index (κ3) is 4.95. The zero-order valence-electron chi connectivity index (χ0n) is 22.2. The summed E-state index contributed by atoms with van der Waals surface area (Å²) in [5.41, 5.74) is 3.87. The molecule has 2 saturated heterocycles. The molecule has 1 aliphatic carbocycles. The van der Waals surface area contributed by atoms with Gasteiger partial charge in [0.2, 0.25) is 0 Å². The molecule has 3 fully saturated rings. The van der Waals surface area contributed by atoms with Crippen LogP contribution in [-0.2, 0) is 24.8 Å². The first-order chi connectivity index (χ1) is 18.5. The van der Waals surface area contributed by atoms with Gasteiger partial charge in [0.1, 0.15) is 5.82 Å². The maximum absolute atomic E-state index is 15.3. The van der Waals surface area contributed by atoms with Crippen molar-refractivity contribution in [3.05, 3.63) is 77.6 Å². The molecule has 2 aliphatic heterocycles. The van der Waals surface area contributed by atoms with Crippen LogP contribution < -0.4 is 9.80 Å². The number of imidazole rings is 1. The molecular weight excluding hydrogens is 481 g/mol. The van der Waals surface area contributed by atoms with E-state index in [0.717, 1.165) is 26.1 Å². The number of anilines is 2. The summed E-state index contributed by atoms with van der Waals surface area (Å²) in [6, 6.07) is 14.1. The van der Waals surface area contributed by atoms with E-state index < -0.39 is 0 Å². The molecule has 8 heteroatoms. The van der Waals surface area contributed by atoms with E-state index in [9.17, 15) is 4.79 Å². The highest BCUT2D eigenvalue weighted by Gasteiger charge is 2.56. The minimum atomic E-state index is -0.307. The van der Waals surface area contributed by atoms with Crippen molar-refractivity contribution < 1.29 is 13.9 Å². The Morgan fingerprint density at radius 3 is 2.42 bits per heavy atom. The van der Waals surface area contributed by atoms with E-state index in [2.05, 4.69) is 41.1 Å². The molecule has 38 heavy (non-hydrogen) atoms. The van der Waals surface area contributed by atoms with Gasteiger partial charge in [0, 0.05) is 64.4 Å². The number of likely N-dealkylation sites (tertiary alicyclic amines) is 1. The van der Waals surface area contributed by atoms with E-state index in [4.69, 9.17) is 4.74 Å². The minimum Gasteiger partial charge on any atom is -0.378 e. The third-order valence-electron chi connectivity index (χ3n) is 8.53. The quantitative estimate of drug-likeness (QED) is 0.453. The number of ether oxygens (including phenoxy) is 1. The van der Waals surface area contributed by atoms with Crippen LogP contribution >= 0.6 is 0 Å². The predicted octanol–water partition coefficient (Wildman–Crippen LogP) is 3.98. The van der Waals surface area contributed by atoms with Gasteiger partial charge in [0.05, 0.1) is 18.9 Å². The van der Waals surface area contributed by atoms with E-state index in [0.29, 0.717) is 67.8 Å². The number of amides is 1. The molecule has 2 atom stereocenters. The number of piperidine rings is 1. The summed E-state index contributed by atoms with van der Waals surface area (Å²) < 4.78 is 22.5. The first kappa shape index (κ1) is 25.1. The van der Waals surface area contributed by atoms with Crippen molar-refractivity contribution in [2.45, 2.75) is 19.9 Å². The number of fused-ring (bicyclic) bond motifs is 1. The SMILES string of the molecule is CCc1ccc(CN2CC3C(C2)C3CN(C(=O)c2nccn2C)c2ccc(N3CCOCC3)c(F)c2)cc1. The van der Waals surface area contributed by atoms with Crippen molar-refractivity contribution >= 4 is 17.3 Å². The van der Waals surface area contributed by atoms with E-state index in [1.54, 1.807) is 27.9 Å². The molecule has 1 saturated carbocycles. The molecule has 3 heterocycles. The van der Waals surface area contributed by atoms with Gasteiger partial charge in [0.15, 0.2) is 5.82 Å². The minimum absolute atomic E-state index is 0.186. The van der Waals surface area contributed by atoms with Crippen LogP contribution in [0.15, 0.2) is 54.9 Å². The number of hydrogen-bond donors (Lipinski definition) is 0. The van der Waals surface area contributed by atoms with Gasteiger partial charge >= 0.3 is 0 Å². The number of aryl methyl sites for hydroxylation is 2. The maximum atomic E-state index is 15.3. The molecular formula is C30H36FN5O2. The van der Waals surface area contributed by atoms with Gasteiger partial charge in [-0.1, -0.05) is 31.2 Å². The average molecular weight is 518 g/mol. The Morgan fingerprint density at radius 2 is 1.79 bits per heavy atom. The smallest absolute Gasteiger partial charge is 0.294 e. The summed E-state index contributed by atoms with van der Waals surface area (Å²) in [5, 5.41) is 0. The number of carbonyl (C=O) groups is 1. The van der Waals surface area contributed by atoms with Gasteiger partial charge in [-0.05, 0) is 53.5 Å². The molecule has 0 spiro atoms. The molecule has 0 N–H and O–H groups in total. The number of halogens is 1. The maximum Gasteiger partial charge on any atom is 0.294 e. The molecule has 0 bridgehead atoms. The topological polar surface area (TPSA) is 53.8 Å². The summed E-state index contributed by atoms with van der Waals surface area (Å²) in [4.78, 5) is 24.2. The fraction of sp³-hybridized carbons (Fsp3) is 0.467. The van der Waals surface area contributed by atoms with Crippen LogP contribution in [0.2, 0.25) is 0 Å². The summed E-state index contributed by atoms with van der Waals surface area (Å²) in [7, 11) is 1.82. The molecule has 1 aromatic heterocycles. The normalized spacial score (nSPS) is 22.9. The molecule has 1 amide bonds. The van der Waals surface area contributed by atoms with Crippen LogP contribution in [0.25, 0.3) is 0 Å². The van der Waals surface area contributed by atoms with E-state index in [-0.39, 0.29) is 11.7 Å². The van der Waals surface area contributed by atoms with Crippen LogP contribution in [0.4, 0.5) is 15.8 Å². The van der Waals surface area contributed by atoms with Crippen molar-refractivity contribution in [3.8, 4) is 0 Å². The average Bonchev–Trinajstić information content (AvgIpc) is 3.23. The van der Waals surface area contributed by atoms with Gasteiger partial charge in [-0.2, -0.15) is 0 Å². The van der Waals surface area contributed by atoms with Crippen molar-refractivity contribution in [2.24, 2.45) is 24.8 Å². The van der Waals surface area contributed by atoms with Gasteiger partial charge in [0.25, 0.3) is 5.91 Å². The molecule has 2 aromatic carbocycles. The number of nitrogens with zero attached hydrogens (tertiary/aromatic N) is 5. The highest BCUT2D eigenvalue weighted by molar-refractivity contribution is 6.04. The van der Waals surface area contributed by atoms with Crippen molar-refractivity contribution in [2.75, 3.05) is 55.7 Å². The number of rotatable bonds is 8. The van der Waals surface area contributed by atoms with Crippen LogP contribution in [0.1, 0.15) is 28.7 Å². The number of carbonyl (C=O) groups excluding carboxylic acids is 1. The number of benzene rings is 2. The van der Waals surface area contributed by atoms with E-state index in [1.165, 1.54) is 17.2 Å². The Labute approximate surface area is 223 Å². The first-order valence-corrected chi connectivity index (χ1v) is 13.7. The van der Waals surface area contributed by atoms with Crippen LogP contribution in [0.5, 0.6) is 0 Å². The lowest BCUT2D eigenvalue weighted by Gasteiger charge is -2.30. The second-order valence-corrected chi connectivity index (χ2v) is 10.9. The second-order valence-electron chi connectivity index (χ2n) is 10.9. The van der Waals surface area contributed by atoms with E-state index in [1.807, 2.05) is 18.0 Å². The molecule has 0 radical (unpaired) electrons. The Hall–Kier alpha value is -3.23. The van der Waals surface area contributed by atoms with Gasteiger partial charge in [-0.25, -0.2) is 9.37 Å². The van der Waals surface area contributed by atoms with Crippen LogP contribution in [-0.4, -0.2) is 66.3 Å². The molecule has 3 aliphatic rings. The lowest BCUT2D eigenvalue weighted by Crippen LogP contribution is -2.38. The Bertz CT molecular complexity index is 1270. The zero-order valence-corrected chi connectivity index (χ0v) is 22.2. The lowest BCUT2D eigenvalue weighted by molar-refractivity contribution is 0.0971. The van der Waals surface area contributed by atoms with Crippen LogP contribution in [0, 0.1) is 23.6 Å². The Morgan fingerprint density at radius 1 is 1.08 bits per heavy atom. The predicted molar refractivity (Wildman–Crippen MR) is 146 cm³/mol. The third-order valence-corrected chi connectivity index (χ3v) is 8.53. The van der Waals surface area contributed by atoms with Crippen molar-refractivity contribution in [1.29, 1.82) is 0 Å². The van der Waals surface area contributed by atoms with Crippen LogP contribution in [0.3, 0.4) is 0 Å². The second kappa shape index (κ2) is 10.5. The first-order valence-electron chi connectivity index (χ1n) is 13.7.